The standard InChI is InChI=1S/C12H21NO4/c1-6(2)9(11(14)15)7-4-5-8(13-3)10(7)12(16)17/h6-10,13H,4-5H2,1-3H3,(H,14,15)(H,16,17). The summed E-state index contributed by atoms with van der Waals surface area (Å²) in [7, 11) is 1.73. The number of rotatable bonds is 5. The lowest BCUT2D eigenvalue weighted by Gasteiger charge is -2.28. The Labute approximate surface area is 101 Å². The van der Waals surface area contributed by atoms with Crippen LogP contribution in [0, 0.1) is 23.7 Å². The molecule has 1 rings (SSSR count). The highest BCUT2D eigenvalue weighted by Gasteiger charge is 2.47. The Bertz CT molecular complexity index is 303. The Kier molecular flexibility index (Phi) is 4.51. The van der Waals surface area contributed by atoms with Crippen LogP contribution in [0.3, 0.4) is 0 Å². The minimum atomic E-state index is -0.890. The third-order valence-electron chi connectivity index (χ3n) is 3.83. The highest BCUT2D eigenvalue weighted by Crippen LogP contribution is 2.40. The minimum absolute atomic E-state index is 0.0463. The van der Waals surface area contributed by atoms with Gasteiger partial charge in [-0.1, -0.05) is 13.8 Å². The Morgan fingerprint density at radius 1 is 1.24 bits per heavy atom. The maximum absolute atomic E-state index is 11.3. The van der Waals surface area contributed by atoms with E-state index in [4.69, 9.17) is 0 Å². The molecule has 0 spiro atoms. The van der Waals surface area contributed by atoms with Crippen LogP contribution in [0.25, 0.3) is 0 Å². The number of carboxylic acid groups (broad SMARTS) is 2. The summed E-state index contributed by atoms with van der Waals surface area (Å²) in [6.45, 7) is 3.68. The second-order valence-electron chi connectivity index (χ2n) is 5.11. The van der Waals surface area contributed by atoms with E-state index in [1.165, 1.54) is 0 Å². The van der Waals surface area contributed by atoms with Crippen molar-refractivity contribution in [2.24, 2.45) is 23.7 Å². The number of carboxylic acids is 2. The van der Waals surface area contributed by atoms with Crippen LogP contribution in [0.4, 0.5) is 0 Å². The average molecular weight is 243 g/mol. The molecule has 5 nitrogen and oxygen atoms in total. The zero-order valence-corrected chi connectivity index (χ0v) is 10.5. The van der Waals surface area contributed by atoms with Crippen molar-refractivity contribution in [2.45, 2.75) is 32.7 Å². The number of aliphatic carboxylic acids is 2. The molecule has 1 fully saturated rings. The zero-order valence-electron chi connectivity index (χ0n) is 10.5. The van der Waals surface area contributed by atoms with Gasteiger partial charge in [0.15, 0.2) is 0 Å². The molecular formula is C12H21NO4. The third kappa shape index (κ3) is 2.77. The quantitative estimate of drug-likeness (QED) is 0.671. The van der Waals surface area contributed by atoms with Gasteiger partial charge in [-0.25, -0.2) is 0 Å². The summed E-state index contributed by atoms with van der Waals surface area (Å²) >= 11 is 0. The van der Waals surface area contributed by atoms with E-state index in [1.807, 2.05) is 13.8 Å². The summed E-state index contributed by atoms with van der Waals surface area (Å²) in [6, 6.07) is -0.113. The molecule has 0 aromatic carbocycles. The van der Waals surface area contributed by atoms with E-state index in [-0.39, 0.29) is 17.9 Å². The van der Waals surface area contributed by atoms with Gasteiger partial charge in [0, 0.05) is 6.04 Å². The molecule has 0 heterocycles. The summed E-state index contributed by atoms with van der Waals surface area (Å²) in [5, 5.41) is 21.5. The van der Waals surface area contributed by atoms with Gasteiger partial charge < -0.3 is 15.5 Å². The second kappa shape index (κ2) is 5.49. The van der Waals surface area contributed by atoms with Crippen LogP contribution >= 0.6 is 0 Å². The highest BCUT2D eigenvalue weighted by atomic mass is 16.4. The summed E-state index contributed by atoms with van der Waals surface area (Å²) in [4.78, 5) is 22.6. The van der Waals surface area contributed by atoms with Crippen LogP contribution in [0.1, 0.15) is 26.7 Å². The Morgan fingerprint density at radius 3 is 2.18 bits per heavy atom. The Morgan fingerprint density at radius 2 is 1.82 bits per heavy atom. The van der Waals surface area contributed by atoms with Crippen LogP contribution < -0.4 is 5.32 Å². The average Bonchev–Trinajstić information content (AvgIpc) is 2.60. The van der Waals surface area contributed by atoms with Crippen molar-refractivity contribution in [1.82, 2.24) is 5.32 Å². The van der Waals surface area contributed by atoms with E-state index in [9.17, 15) is 19.8 Å². The molecule has 17 heavy (non-hydrogen) atoms. The normalized spacial score (nSPS) is 30.5. The van der Waals surface area contributed by atoms with Gasteiger partial charge in [-0.05, 0) is 31.7 Å². The van der Waals surface area contributed by atoms with Crippen molar-refractivity contribution >= 4 is 11.9 Å². The van der Waals surface area contributed by atoms with E-state index in [0.717, 1.165) is 6.42 Å². The van der Waals surface area contributed by atoms with Gasteiger partial charge in [0.05, 0.1) is 11.8 Å². The first-order chi connectivity index (χ1) is 7.90. The van der Waals surface area contributed by atoms with Crippen LogP contribution in [0.2, 0.25) is 0 Å². The fourth-order valence-corrected chi connectivity index (χ4v) is 3.07. The summed E-state index contributed by atoms with van der Waals surface area (Å²) in [6.07, 6.45) is 1.40. The zero-order chi connectivity index (χ0) is 13.2. The molecule has 5 heteroatoms. The van der Waals surface area contributed by atoms with Crippen molar-refractivity contribution in [3.05, 3.63) is 0 Å². The molecule has 0 aromatic rings. The number of nitrogens with one attached hydrogen (secondary N) is 1. The molecule has 4 unspecified atom stereocenters. The smallest absolute Gasteiger partial charge is 0.308 e. The maximum Gasteiger partial charge on any atom is 0.308 e. The fourth-order valence-electron chi connectivity index (χ4n) is 3.07. The molecule has 0 aliphatic heterocycles. The molecule has 1 aliphatic carbocycles. The van der Waals surface area contributed by atoms with E-state index < -0.39 is 23.8 Å². The predicted molar refractivity (Wildman–Crippen MR) is 62.7 cm³/mol. The van der Waals surface area contributed by atoms with Crippen molar-refractivity contribution < 1.29 is 19.8 Å². The first-order valence-electron chi connectivity index (χ1n) is 6.03. The van der Waals surface area contributed by atoms with Crippen molar-refractivity contribution in [3.8, 4) is 0 Å². The van der Waals surface area contributed by atoms with E-state index in [2.05, 4.69) is 5.32 Å². The predicted octanol–water partition coefficient (Wildman–Crippen LogP) is 1.04. The first-order valence-corrected chi connectivity index (χ1v) is 6.03. The van der Waals surface area contributed by atoms with Crippen LogP contribution in [-0.2, 0) is 9.59 Å². The molecule has 1 saturated carbocycles. The molecular weight excluding hydrogens is 222 g/mol. The van der Waals surface area contributed by atoms with Gasteiger partial charge in [0.25, 0.3) is 0 Å². The van der Waals surface area contributed by atoms with Crippen LogP contribution in [0.15, 0.2) is 0 Å². The molecule has 0 aromatic heterocycles. The first kappa shape index (κ1) is 14.0. The molecule has 0 amide bonds. The Balaban J connectivity index is 2.95. The van der Waals surface area contributed by atoms with E-state index in [0.29, 0.717) is 6.42 Å². The number of carbonyl (C=O) groups is 2. The number of hydrogen-bond acceptors (Lipinski definition) is 3. The lowest BCUT2D eigenvalue weighted by molar-refractivity contribution is -0.150. The minimum Gasteiger partial charge on any atom is -0.481 e. The van der Waals surface area contributed by atoms with Crippen LogP contribution in [0.5, 0.6) is 0 Å². The van der Waals surface area contributed by atoms with Gasteiger partial charge in [-0.2, -0.15) is 0 Å². The SMILES string of the molecule is CNC1CCC(C(C(=O)O)C(C)C)C1C(=O)O. The molecule has 1 aliphatic rings. The Hall–Kier alpha value is -1.10. The fraction of sp³-hybridized carbons (Fsp3) is 0.833. The van der Waals surface area contributed by atoms with E-state index >= 15 is 0 Å². The molecule has 0 radical (unpaired) electrons. The third-order valence-corrected chi connectivity index (χ3v) is 3.83. The number of hydrogen-bond donors (Lipinski definition) is 3. The van der Waals surface area contributed by atoms with E-state index in [1.54, 1.807) is 7.05 Å². The lowest BCUT2D eigenvalue weighted by Crippen LogP contribution is -2.41. The lowest BCUT2D eigenvalue weighted by atomic mass is 9.77. The largest absolute Gasteiger partial charge is 0.481 e. The summed E-state index contributed by atoms with van der Waals surface area (Å²) in [5.41, 5.74) is 0. The van der Waals surface area contributed by atoms with Crippen molar-refractivity contribution in [1.29, 1.82) is 0 Å². The summed E-state index contributed by atoms with van der Waals surface area (Å²) < 4.78 is 0. The summed E-state index contributed by atoms with van der Waals surface area (Å²) in [5.74, 6) is -3.26. The highest BCUT2D eigenvalue weighted by molar-refractivity contribution is 5.75. The monoisotopic (exact) mass is 243 g/mol. The molecule has 98 valence electrons. The van der Waals surface area contributed by atoms with Gasteiger partial charge in [0.1, 0.15) is 0 Å². The molecule has 0 saturated heterocycles. The van der Waals surface area contributed by atoms with Crippen molar-refractivity contribution in [2.75, 3.05) is 7.05 Å². The molecule has 3 N–H and O–H groups in total. The molecule has 4 atom stereocenters. The van der Waals surface area contributed by atoms with Gasteiger partial charge >= 0.3 is 11.9 Å². The van der Waals surface area contributed by atoms with Crippen molar-refractivity contribution in [3.63, 3.8) is 0 Å². The van der Waals surface area contributed by atoms with Gasteiger partial charge in [-0.3, -0.25) is 9.59 Å². The second-order valence-corrected chi connectivity index (χ2v) is 5.11. The van der Waals surface area contributed by atoms with Gasteiger partial charge in [0.2, 0.25) is 0 Å². The molecule has 0 bridgehead atoms. The topological polar surface area (TPSA) is 86.6 Å². The maximum atomic E-state index is 11.3. The van der Waals surface area contributed by atoms with Gasteiger partial charge in [-0.15, -0.1) is 0 Å². The van der Waals surface area contributed by atoms with Crippen LogP contribution in [-0.4, -0.2) is 35.2 Å².